The van der Waals surface area contributed by atoms with Crippen molar-refractivity contribution in [2.75, 3.05) is 16.9 Å². The number of carbonyl (C=O) groups excluding carboxylic acids is 5. The second kappa shape index (κ2) is 12.1. The zero-order valence-corrected chi connectivity index (χ0v) is 29.0. The van der Waals surface area contributed by atoms with Crippen LogP contribution in [0.4, 0.5) is 15.8 Å². The second-order valence-corrected chi connectivity index (χ2v) is 14.6. The molecule has 2 aliphatic carbocycles. The van der Waals surface area contributed by atoms with E-state index in [0.29, 0.717) is 16.7 Å². The molecule has 6 atom stereocenters. The lowest BCUT2D eigenvalue weighted by Gasteiger charge is -2.50. The molecule has 9 nitrogen and oxygen atoms in total. The van der Waals surface area contributed by atoms with Crippen LogP contribution in [0.3, 0.4) is 0 Å². The zero-order valence-electron chi connectivity index (χ0n) is 27.5. The van der Waals surface area contributed by atoms with E-state index < -0.39 is 62.9 Å². The maximum Gasteiger partial charge on any atom is 0.258 e. The van der Waals surface area contributed by atoms with Gasteiger partial charge in [-0.05, 0) is 73.4 Å². The molecule has 2 aliphatic heterocycles. The first-order chi connectivity index (χ1) is 24.9. The number of benzene rings is 4. The van der Waals surface area contributed by atoms with Crippen molar-refractivity contribution in [2.24, 2.45) is 17.8 Å². The van der Waals surface area contributed by atoms with Gasteiger partial charge >= 0.3 is 0 Å². The van der Waals surface area contributed by atoms with E-state index in [1.807, 2.05) is 0 Å². The molecule has 1 N–H and O–H groups in total. The van der Waals surface area contributed by atoms with Crippen molar-refractivity contribution in [3.8, 4) is 11.5 Å². The Kier molecular flexibility index (Phi) is 7.89. The van der Waals surface area contributed by atoms with Gasteiger partial charge in [-0.1, -0.05) is 54.1 Å². The number of alkyl halides is 2. The summed E-state index contributed by atoms with van der Waals surface area (Å²) in [7, 11) is 1.36. The van der Waals surface area contributed by atoms with Crippen LogP contribution in [0, 0.1) is 23.6 Å². The van der Waals surface area contributed by atoms with Gasteiger partial charge in [-0.15, -0.1) is 23.2 Å². The number of phenols is 1. The SMILES string of the molecule is COc1cccc([C@H]2C3=CC[C@@H]4C(=O)N(c5ccc(C(=O)c6ccccc6)cc5)C(=O)[C@@H]4[C@@H]3C[C@@]3(Cl)C(=O)N(c4ccc(F)cc4)C(=O)[C@@]23Cl)c1O. The fourth-order valence-corrected chi connectivity index (χ4v) is 9.38. The van der Waals surface area contributed by atoms with E-state index in [1.165, 1.54) is 25.3 Å². The highest BCUT2D eigenvalue weighted by atomic mass is 35.5. The van der Waals surface area contributed by atoms with E-state index in [9.17, 15) is 33.5 Å². The van der Waals surface area contributed by atoms with Crippen molar-refractivity contribution in [1.29, 1.82) is 0 Å². The van der Waals surface area contributed by atoms with Gasteiger partial charge in [0.2, 0.25) is 11.8 Å². The average molecular weight is 740 g/mol. The highest BCUT2D eigenvalue weighted by Gasteiger charge is 2.77. The number of anilines is 2. The molecule has 0 bridgehead atoms. The standard InChI is InChI=1S/C40H29Cl2FN2O7/c1-52-30-9-5-8-28(34(30)47)32-26-18-19-27-31(29(26)20-39(41)37(50)45(38(51)40(32,39)42)25-16-12-23(43)13-17-25)36(49)44(35(27)48)24-14-10-22(11-15-24)33(46)21-6-3-2-4-7-21/h2-18,27,29,31-32,47H,19-20H2,1H3/t27-,29+,31-,32+,39+,40-/m0/s1. The number of hydrogen-bond acceptors (Lipinski definition) is 7. The number of rotatable bonds is 6. The number of phenolic OH excluding ortho intramolecular Hbond substituents is 1. The molecular formula is C40H29Cl2FN2O7. The van der Waals surface area contributed by atoms with Crippen LogP contribution in [0.15, 0.2) is 109 Å². The van der Waals surface area contributed by atoms with Crippen molar-refractivity contribution in [1.82, 2.24) is 0 Å². The smallest absolute Gasteiger partial charge is 0.258 e. The van der Waals surface area contributed by atoms with Crippen LogP contribution in [-0.2, 0) is 19.2 Å². The number of carbonyl (C=O) groups is 5. The van der Waals surface area contributed by atoms with Gasteiger partial charge in [-0.3, -0.25) is 28.9 Å². The molecule has 0 radical (unpaired) electrons. The van der Waals surface area contributed by atoms with Gasteiger partial charge < -0.3 is 9.84 Å². The summed E-state index contributed by atoms with van der Waals surface area (Å²) in [6, 6.07) is 24.3. The Morgan fingerprint density at radius 3 is 2.10 bits per heavy atom. The Morgan fingerprint density at radius 1 is 0.788 bits per heavy atom. The molecule has 2 heterocycles. The van der Waals surface area contributed by atoms with E-state index in [2.05, 4.69) is 0 Å². The number of halogens is 3. The minimum absolute atomic E-state index is 0.0433. The summed E-state index contributed by atoms with van der Waals surface area (Å²) in [6.45, 7) is 0. The van der Waals surface area contributed by atoms with Crippen LogP contribution in [0.5, 0.6) is 11.5 Å². The van der Waals surface area contributed by atoms with Crippen molar-refractivity contribution >= 4 is 64.0 Å². The monoisotopic (exact) mass is 738 g/mol. The molecule has 3 fully saturated rings. The fraction of sp³-hybridized carbons (Fsp3) is 0.225. The van der Waals surface area contributed by atoms with Gasteiger partial charge in [-0.2, -0.15) is 0 Å². The van der Waals surface area contributed by atoms with Gasteiger partial charge in [0, 0.05) is 22.6 Å². The molecule has 0 unspecified atom stereocenters. The third kappa shape index (κ3) is 4.63. The maximum atomic E-state index is 14.5. The van der Waals surface area contributed by atoms with E-state index in [0.717, 1.165) is 21.9 Å². The van der Waals surface area contributed by atoms with Crippen LogP contribution >= 0.6 is 23.2 Å². The Balaban J connectivity index is 1.22. The first kappa shape index (κ1) is 33.8. The number of methoxy groups -OCH3 is 1. The number of nitrogens with zero attached hydrogens (tertiary/aromatic N) is 2. The van der Waals surface area contributed by atoms with Crippen LogP contribution in [0.25, 0.3) is 0 Å². The normalized spacial score (nSPS) is 28.0. The third-order valence-corrected chi connectivity index (χ3v) is 12.3. The molecule has 0 aromatic heterocycles. The Labute approximate surface area is 307 Å². The Hall–Kier alpha value is -5.32. The molecule has 262 valence electrons. The molecule has 0 spiro atoms. The molecule has 4 aliphatic rings. The zero-order chi connectivity index (χ0) is 36.7. The number of imide groups is 2. The number of amides is 4. The fourth-order valence-electron chi connectivity index (χ4n) is 8.45. The predicted octanol–water partition coefficient (Wildman–Crippen LogP) is 6.54. The quantitative estimate of drug-likeness (QED) is 0.103. The summed E-state index contributed by atoms with van der Waals surface area (Å²) >= 11 is 14.8. The molecule has 1 saturated carbocycles. The highest BCUT2D eigenvalue weighted by molar-refractivity contribution is 6.58. The molecule has 4 aromatic rings. The van der Waals surface area contributed by atoms with Crippen LogP contribution in [0.1, 0.15) is 40.2 Å². The highest BCUT2D eigenvalue weighted by Crippen LogP contribution is 2.66. The number of hydrogen-bond donors (Lipinski definition) is 1. The minimum Gasteiger partial charge on any atom is -0.504 e. The molecule has 2 saturated heterocycles. The Morgan fingerprint density at radius 2 is 1.42 bits per heavy atom. The van der Waals surface area contributed by atoms with Crippen molar-refractivity contribution in [3.05, 3.63) is 131 Å². The Bertz CT molecular complexity index is 2230. The minimum atomic E-state index is -2.22. The lowest BCUT2D eigenvalue weighted by atomic mass is 9.56. The van der Waals surface area contributed by atoms with Gasteiger partial charge in [0.1, 0.15) is 5.82 Å². The topological polar surface area (TPSA) is 121 Å². The van der Waals surface area contributed by atoms with Crippen molar-refractivity contribution < 1.29 is 38.2 Å². The number of ether oxygens (including phenoxy) is 1. The summed E-state index contributed by atoms with van der Waals surface area (Å²) in [5, 5.41) is 11.5. The largest absolute Gasteiger partial charge is 0.504 e. The van der Waals surface area contributed by atoms with Gasteiger partial charge in [-0.25, -0.2) is 9.29 Å². The maximum absolute atomic E-state index is 14.5. The average Bonchev–Trinajstić information content (AvgIpc) is 3.50. The van der Waals surface area contributed by atoms with E-state index >= 15 is 0 Å². The van der Waals surface area contributed by atoms with Crippen molar-refractivity contribution in [3.63, 3.8) is 0 Å². The summed E-state index contributed by atoms with van der Waals surface area (Å²) in [5.41, 5.74) is 1.80. The first-order valence-electron chi connectivity index (χ1n) is 16.6. The van der Waals surface area contributed by atoms with E-state index in [1.54, 1.807) is 72.8 Å². The number of aromatic hydroxyl groups is 1. The van der Waals surface area contributed by atoms with Gasteiger partial charge in [0.25, 0.3) is 11.8 Å². The first-order valence-corrected chi connectivity index (χ1v) is 17.3. The lowest BCUT2D eigenvalue weighted by molar-refractivity contribution is -0.125. The second-order valence-electron chi connectivity index (χ2n) is 13.4. The summed E-state index contributed by atoms with van der Waals surface area (Å²) in [5.74, 6) is -7.73. The van der Waals surface area contributed by atoms with Crippen LogP contribution in [-0.4, -0.2) is 51.4 Å². The van der Waals surface area contributed by atoms with E-state index in [-0.39, 0.29) is 47.1 Å². The molecule has 52 heavy (non-hydrogen) atoms. The summed E-state index contributed by atoms with van der Waals surface area (Å²) in [4.78, 5) is 68.0. The van der Waals surface area contributed by atoms with Crippen LogP contribution in [0.2, 0.25) is 0 Å². The van der Waals surface area contributed by atoms with Gasteiger partial charge in [0.15, 0.2) is 27.0 Å². The molecule has 4 aromatic carbocycles. The molecule has 4 amide bonds. The molecular weight excluding hydrogens is 710 g/mol. The van der Waals surface area contributed by atoms with Crippen molar-refractivity contribution in [2.45, 2.75) is 28.5 Å². The third-order valence-electron chi connectivity index (χ3n) is 10.9. The molecule has 12 heteroatoms. The summed E-state index contributed by atoms with van der Waals surface area (Å²) in [6.07, 6.45) is 1.58. The number of fused-ring (bicyclic) bond motifs is 4. The summed E-state index contributed by atoms with van der Waals surface area (Å²) < 4.78 is 19.3. The predicted molar refractivity (Wildman–Crippen MR) is 190 cm³/mol. The van der Waals surface area contributed by atoms with Gasteiger partial charge in [0.05, 0.1) is 30.3 Å². The number of para-hydroxylation sites is 1. The lowest BCUT2D eigenvalue weighted by Crippen LogP contribution is -2.60. The van der Waals surface area contributed by atoms with Crippen LogP contribution < -0.4 is 14.5 Å². The van der Waals surface area contributed by atoms with E-state index in [4.69, 9.17) is 27.9 Å². The molecule has 8 rings (SSSR count). The number of ketones is 1. The number of allylic oxidation sites excluding steroid dienone is 2.